The van der Waals surface area contributed by atoms with Gasteiger partial charge in [0.2, 0.25) is 0 Å². The Morgan fingerprint density at radius 3 is 1.74 bits per heavy atom. The zero-order valence-electron chi connectivity index (χ0n) is 30.9. The van der Waals surface area contributed by atoms with Gasteiger partial charge in [-0.25, -0.2) is 19.9 Å². The van der Waals surface area contributed by atoms with Crippen molar-refractivity contribution in [3.05, 3.63) is 182 Å². The third-order valence-electron chi connectivity index (χ3n) is 11.1. The minimum absolute atomic E-state index is 0.593. The van der Waals surface area contributed by atoms with Crippen LogP contribution in [0.25, 0.3) is 120 Å². The highest BCUT2D eigenvalue weighted by Crippen LogP contribution is 2.46. The van der Waals surface area contributed by atoms with Crippen molar-refractivity contribution >= 4 is 75.1 Å². The Hall–Kier alpha value is -7.54. The van der Waals surface area contributed by atoms with Crippen molar-refractivity contribution in [3.63, 3.8) is 0 Å². The average molecular weight is 759 g/mol. The van der Waals surface area contributed by atoms with Gasteiger partial charge in [0.05, 0.1) is 11.2 Å². The molecule has 0 atom stereocenters. The summed E-state index contributed by atoms with van der Waals surface area (Å²) in [4.78, 5) is 20.2. The topological polar surface area (TPSA) is 64.7 Å². The summed E-state index contributed by atoms with van der Waals surface area (Å²) in [5.74, 6) is 1.82. The zero-order valence-corrected chi connectivity index (χ0v) is 31.7. The van der Waals surface area contributed by atoms with E-state index in [4.69, 9.17) is 24.4 Å². The van der Waals surface area contributed by atoms with Crippen molar-refractivity contribution in [2.24, 2.45) is 0 Å². The lowest BCUT2D eigenvalue weighted by atomic mass is 9.95. The number of hydrogen-bond donors (Lipinski definition) is 0. The Morgan fingerprint density at radius 2 is 0.948 bits per heavy atom. The molecule has 58 heavy (non-hydrogen) atoms. The molecule has 12 aromatic rings. The Kier molecular flexibility index (Phi) is 7.33. The molecule has 0 spiro atoms. The van der Waals surface area contributed by atoms with Crippen molar-refractivity contribution in [1.82, 2.24) is 19.9 Å². The monoisotopic (exact) mass is 758 g/mol. The lowest BCUT2D eigenvalue weighted by molar-refractivity contribution is 0.669. The molecule has 0 bridgehead atoms. The van der Waals surface area contributed by atoms with Crippen molar-refractivity contribution in [2.45, 2.75) is 0 Å². The van der Waals surface area contributed by atoms with E-state index in [1.165, 1.54) is 41.9 Å². The largest absolute Gasteiger partial charge is 0.456 e. The van der Waals surface area contributed by atoms with E-state index in [-0.39, 0.29) is 0 Å². The standard InChI is InChI=1S/C52H30N4OS/c1-3-12-32(13-4-1)48-40-28-29-41-46-36(18-11-21-45(46)58-49(41)47(40)39-17-7-9-19-42(39)53-48)31-22-24-34(25-23-31)51-54-50(33-14-5-2-6-15-33)55-52(56-51)35-26-27-38-37-16-8-10-20-43(37)57-44(38)30-35/h1-30H. The van der Waals surface area contributed by atoms with E-state index < -0.39 is 0 Å². The molecule has 0 N–H and O–H groups in total. The second-order valence-corrected chi connectivity index (χ2v) is 15.6. The molecule has 0 radical (unpaired) electrons. The van der Waals surface area contributed by atoms with Crippen molar-refractivity contribution in [2.75, 3.05) is 0 Å². The van der Waals surface area contributed by atoms with Crippen LogP contribution in [0.4, 0.5) is 0 Å². The SMILES string of the molecule is c1ccc(-c2nc(-c3ccc(-c4cccc5sc6c(ccc7c(-c8ccccc8)nc8ccccc8c76)c45)cc3)nc(-c3ccc4c(c3)oc3ccccc34)n2)cc1. The molecule has 4 heterocycles. The number of para-hydroxylation sites is 2. The van der Waals surface area contributed by atoms with E-state index in [0.29, 0.717) is 17.5 Å². The van der Waals surface area contributed by atoms with Crippen LogP contribution < -0.4 is 0 Å². The van der Waals surface area contributed by atoms with Crippen LogP contribution in [0.5, 0.6) is 0 Å². The van der Waals surface area contributed by atoms with Gasteiger partial charge in [-0.15, -0.1) is 11.3 Å². The van der Waals surface area contributed by atoms with Gasteiger partial charge in [0, 0.05) is 69.4 Å². The van der Waals surface area contributed by atoms with Gasteiger partial charge in [-0.1, -0.05) is 152 Å². The second kappa shape index (κ2) is 13.0. The molecule has 0 aliphatic rings. The minimum atomic E-state index is 0.593. The van der Waals surface area contributed by atoms with E-state index in [9.17, 15) is 0 Å². The molecular formula is C52H30N4OS. The van der Waals surface area contributed by atoms with Gasteiger partial charge < -0.3 is 4.42 Å². The van der Waals surface area contributed by atoms with E-state index in [2.05, 4.69) is 127 Å². The summed E-state index contributed by atoms with van der Waals surface area (Å²) < 4.78 is 8.77. The van der Waals surface area contributed by atoms with Crippen molar-refractivity contribution < 1.29 is 4.42 Å². The van der Waals surface area contributed by atoms with Gasteiger partial charge in [-0.2, -0.15) is 0 Å². The molecule has 0 aliphatic carbocycles. The fourth-order valence-corrected chi connectivity index (χ4v) is 9.68. The lowest BCUT2D eigenvalue weighted by Crippen LogP contribution is -2.00. The highest BCUT2D eigenvalue weighted by atomic mass is 32.1. The molecule has 0 saturated carbocycles. The molecule has 6 heteroatoms. The molecule has 0 aliphatic heterocycles. The molecule has 12 rings (SSSR count). The number of furan rings is 1. The normalized spacial score (nSPS) is 11.8. The van der Waals surface area contributed by atoms with Gasteiger partial charge in [-0.05, 0) is 41.5 Å². The first-order chi connectivity index (χ1) is 28.7. The fourth-order valence-electron chi connectivity index (χ4n) is 8.39. The number of aromatic nitrogens is 4. The first-order valence-electron chi connectivity index (χ1n) is 19.3. The Labute approximate surface area is 336 Å². The number of thiophene rings is 1. The maximum absolute atomic E-state index is 6.24. The van der Waals surface area contributed by atoms with Crippen LogP contribution in [0.15, 0.2) is 186 Å². The number of nitrogens with zero attached hydrogens (tertiary/aromatic N) is 4. The van der Waals surface area contributed by atoms with E-state index in [1.807, 2.05) is 65.9 Å². The molecule has 8 aromatic carbocycles. The van der Waals surface area contributed by atoms with Crippen LogP contribution >= 0.6 is 11.3 Å². The second-order valence-electron chi connectivity index (χ2n) is 14.5. The van der Waals surface area contributed by atoms with Gasteiger partial charge in [0.15, 0.2) is 17.5 Å². The molecule has 0 fully saturated rings. The average Bonchev–Trinajstić information content (AvgIpc) is 3.87. The summed E-state index contributed by atoms with van der Waals surface area (Å²) in [6, 6.07) is 63.2. The fraction of sp³-hybridized carbons (Fsp3) is 0. The number of pyridine rings is 1. The molecule has 4 aromatic heterocycles. The van der Waals surface area contributed by atoms with E-state index >= 15 is 0 Å². The lowest BCUT2D eigenvalue weighted by Gasteiger charge is -2.11. The Bertz CT molecular complexity index is 3560. The first-order valence-corrected chi connectivity index (χ1v) is 20.1. The van der Waals surface area contributed by atoms with Gasteiger partial charge in [0.1, 0.15) is 11.2 Å². The van der Waals surface area contributed by atoms with Gasteiger partial charge in [0.25, 0.3) is 0 Å². The number of fused-ring (bicyclic) bond motifs is 10. The Balaban J connectivity index is 0.991. The summed E-state index contributed by atoms with van der Waals surface area (Å²) in [6.07, 6.45) is 0. The molecule has 270 valence electrons. The summed E-state index contributed by atoms with van der Waals surface area (Å²) in [5.41, 5.74) is 9.82. The van der Waals surface area contributed by atoms with Crippen LogP contribution in [0.2, 0.25) is 0 Å². The summed E-state index contributed by atoms with van der Waals surface area (Å²) in [6.45, 7) is 0. The summed E-state index contributed by atoms with van der Waals surface area (Å²) >= 11 is 1.86. The number of hydrogen-bond acceptors (Lipinski definition) is 6. The highest BCUT2D eigenvalue weighted by Gasteiger charge is 2.19. The quantitative estimate of drug-likeness (QED) is 0.164. The van der Waals surface area contributed by atoms with Crippen LogP contribution in [-0.4, -0.2) is 19.9 Å². The van der Waals surface area contributed by atoms with Crippen LogP contribution in [-0.2, 0) is 0 Å². The molecule has 0 unspecified atom stereocenters. The summed E-state index contributed by atoms with van der Waals surface area (Å²) in [5, 5.41) is 8.25. The predicted octanol–water partition coefficient (Wildman–Crippen LogP) is 14.2. The van der Waals surface area contributed by atoms with Crippen molar-refractivity contribution in [3.8, 4) is 56.5 Å². The third-order valence-corrected chi connectivity index (χ3v) is 12.3. The first kappa shape index (κ1) is 32.7. The molecule has 0 saturated heterocycles. The maximum Gasteiger partial charge on any atom is 0.164 e. The number of benzene rings is 8. The Morgan fingerprint density at radius 1 is 0.362 bits per heavy atom. The van der Waals surface area contributed by atoms with Gasteiger partial charge >= 0.3 is 0 Å². The summed E-state index contributed by atoms with van der Waals surface area (Å²) in [7, 11) is 0. The molecule has 5 nitrogen and oxygen atoms in total. The van der Waals surface area contributed by atoms with Crippen molar-refractivity contribution in [1.29, 1.82) is 0 Å². The van der Waals surface area contributed by atoms with E-state index in [1.54, 1.807) is 0 Å². The third kappa shape index (κ3) is 5.23. The van der Waals surface area contributed by atoms with Crippen LogP contribution in [0.3, 0.4) is 0 Å². The molecular weight excluding hydrogens is 729 g/mol. The van der Waals surface area contributed by atoms with Crippen LogP contribution in [0.1, 0.15) is 0 Å². The van der Waals surface area contributed by atoms with Gasteiger partial charge in [-0.3, -0.25) is 0 Å². The number of rotatable bonds is 5. The van der Waals surface area contributed by atoms with E-state index in [0.717, 1.165) is 61.0 Å². The van der Waals surface area contributed by atoms with Crippen LogP contribution in [0, 0.1) is 0 Å². The minimum Gasteiger partial charge on any atom is -0.456 e. The highest BCUT2D eigenvalue weighted by molar-refractivity contribution is 7.27. The smallest absolute Gasteiger partial charge is 0.164 e. The molecule has 0 amide bonds. The zero-order chi connectivity index (χ0) is 38.2. The predicted molar refractivity (Wildman–Crippen MR) is 240 cm³/mol. The maximum atomic E-state index is 6.24.